The lowest BCUT2D eigenvalue weighted by Crippen LogP contribution is -2.11. The van der Waals surface area contributed by atoms with E-state index in [9.17, 15) is 0 Å². The molecule has 96 valence electrons. The monoisotopic (exact) mass is 307 g/mol. The van der Waals surface area contributed by atoms with Gasteiger partial charge in [-0.15, -0.1) is 0 Å². The molecule has 1 aromatic rings. The molecule has 0 heterocycles. The molecule has 1 aromatic carbocycles. The number of nitriles is 1. The Kier molecular flexibility index (Phi) is 5.07. The molecule has 0 saturated heterocycles. The van der Waals surface area contributed by atoms with Gasteiger partial charge in [-0.05, 0) is 52.9 Å². The van der Waals surface area contributed by atoms with E-state index in [2.05, 4.69) is 22.0 Å². The number of hydrogen-bond donors (Lipinski definition) is 0. The molecule has 3 heteroatoms. The normalized spacial score (nSPS) is 16.9. The van der Waals surface area contributed by atoms with E-state index in [1.807, 2.05) is 12.1 Å². The van der Waals surface area contributed by atoms with Crippen molar-refractivity contribution in [3.05, 3.63) is 28.2 Å². The fraction of sp³-hybridized carbons (Fsp3) is 0.533. The van der Waals surface area contributed by atoms with Gasteiger partial charge in [0.2, 0.25) is 0 Å². The summed E-state index contributed by atoms with van der Waals surface area (Å²) in [6.45, 7) is 0.804. The first-order valence-electron chi connectivity index (χ1n) is 6.62. The second kappa shape index (κ2) is 6.80. The standard InChI is InChI=1S/C15H18BrNO/c16-15-9-14(8-7-13(15)10-17)18-11-12-5-3-1-2-4-6-12/h7-9,12H,1-6,11H2. The number of halogens is 1. The molecule has 0 atom stereocenters. The average molecular weight is 308 g/mol. The third-order valence-corrected chi connectivity index (χ3v) is 4.18. The van der Waals surface area contributed by atoms with Gasteiger partial charge in [-0.3, -0.25) is 0 Å². The van der Waals surface area contributed by atoms with Crippen LogP contribution in [0.4, 0.5) is 0 Å². The summed E-state index contributed by atoms with van der Waals surface area (Å²) in [4.78, 5) is 0. The average Bonchev–Trinajstić information content (AvgIpc) is 2.65. The zero-order chi connectivity index (χ0) is 12.8. The van der Waals surface area contributed by atoms with Gasteiger partial charge in [0, 0.05) is 4.47 Å². The molecule has 1 aliphatic rings. The lowest BCUT2D eigenvalue weighted by atomic mass is 10.0. The van der Waals surface area contributed by atoms with Crippen LogP contribution in [-0.4, -0.2) is 6.61 Å². The van der Waals surface area contributed by atoms with E-state index in [1.54, 1.807) is 6.07 Å². The molecule has 2 rings (SSSR count). The van der Waals surface area contributed by atoms with Crippen molar-refractivity contribution in [2.75, 3.05) is 6.61 Å². The summed E-state index contributed by atoms with van der Waals surface area (Å²) < 4.78 is 6.65. The predicted octanol–water partition coefficient (Wildman–Crippen LogP) is 4.67. The fourth-order valence-electron chi connectivity index (χ4n) is 2.42. The van der Waals surface area contributed by atoms with Crippen molar-refractivity contribution in [1.82, 2.24) is 0 Å². The summed E-state index contributed by atoms with van der Waals surface area (Å²) in [6.07, 6.45) is 8.00. The molecular formula is C15H18BrNO. The lowest BCUT2D eigenvalue weighted by molar-refractivity contribution is 0.233. The molecule has 18 heavy (non-hydrogen) atoms. The Hall–Kier alpha value is -1.01. The number of ether oxygens (including phenoxy) is 1. The van der Waals surface area contributed by atoms with Gasteiger partial charge in [0.25, 0.3) is 0 Å². The van der Waals surface area contributed by atoms with Crippen molar-refractivity contribution < 1.29 is 4.74 Å². The third-order valence-electron chi connectivity index (χ3n) is 3.52. The van der Waals surface area contributed by atoms with E-state index in [0.717, 1.165) is 16.8 Å². The lowest BCUT2D eigenvalue weighted by Gasteiger charge is -2.15. The Bertz CT molecular complexity index is 431. The quantitative estimate of drug-likeness (QED) is 0.760. The van der Waals surface area contributed by atoms with Crippen molar-refractivity contribution in [1.29, 1.82) is 5.26 Å². The molecule has 1 aliphatic carbocycles. The summed E-state index contributed by atoms with van der Waals surface area (Å²) in [6, 6.07) is 7.69. The maximum Gasteiger partial charge on any atom is 0.120 e. The number of nitrogens with zero attached hydrogens (tertiary/aromatic N) is 1. The number of benzene rings is 1. The SMILES string of the molecule is N#Cc1ccc(OCC2CCCCCC2)cc1Br. The summed E-state index contributed by atoms with van der Waals surface area (Å²) in [7, 11) is 0. The van der Waals surface area contributed by atoms with Crippen LogP contribution in [-0.2, 0) is 0 Å². The number of hydrogen-bond acceptors (Lipinski definition) is 2. The van der Waals surface area contributed by atoms with E-state index in [4.69, 9.17) is 10.00 Å². The fourth-order valence-corrected chi connectivity index (χ4v) is 2.87. The highest BCUT2D eigenvalue weighted by atomic mass is 79.9. The van der Waals surface area contributed by atoms with Crippen LogP contribution in [0.2, 0.25) is 0 Å². The van der Waals surface area contributed by atoms with Crippen LogP contribution in [0.1, 0.15) is 44.1 Å². The van der Waals surface area contributed by atoms with Crippen LogP contribution in [0.15, 0.2) is 22.7 Å². The van der Waals surface area contributed by atoms with Crippen LogP contribution in [0.25, 0.3) is 0 Å². The Morgan fingerprint density at radius 3 is 2.56 bits per heavy atom. The second-order valence-corrected chi connectivity index (χ2v) is 5.78. The maximum atomic E-state index is 8.85. The predicted molar refractivity (Wildman–Crippen MR) is 75.5 cm³/mol. The van der Waals surface area contributed by atoms with Crippen LogP contribution < -0.4 is 4.74 Å². The summed E-state index contributed by atoms with van der Waals surface area (Å²) in [5, 5.41) is 8.85. The molecule has 0 unspecified atom stereocenters. The first kappa shape index (κ1) is 13.4. The van der Waals surface area contributed by atoms with Gasteiger partial charge in [-0.1, -0.05) is 25.7 Å². The van der Waals surface area contributed by atoms with Crippen LogP contribution >= 0.6 is 15.9 Å². The van der Waals surface area contributed by atoms with Gasteiger partial charge in [-0.2, -0.15) is 5.26 Å². The van der Waals surface area contributed by atoms with Gasteiger partial charge < -0.3 is 4.74 Å². The van der Waals surface area contributed by atoms with E-state index in [1.165, 1.54) is 38.5 Å². The van der Waals surface area contributed by atoms with Crippen LogP contribution in [0.3, 0.4) is 0 Å². The van der Waals surface area contributed by atoms with Gasteiger partial charge in [0.05, 0.1) is 12.2 Å². The molecule has 0 amide bonds. The smallest absolute Gasteiger partial charge is 0.120 e. The second-order valence-electron chi connectivity index (χ2n) is 4.92. The van der Waals surface area contributed by atoms with Crippen molar-refractivity contribution in [3.8, 4) is 11.8 Å². The Balaban J connectivity index is 1.89. The molecule has 0 aliphatic heterocycles. The Labute approximate surface area is 117 Å². The minimum absolute atomic E-state index is 0.650. The molecule has 0 spiro atoms. The minimum Gasteiger partial charge on any atom is -0.493 e. The summed E-state index contributed by atoms with van der Waals surface area (Å²) >= 11 is 3.38. The van der Waals surface area contributed by atoms with E-state index in [-0.39, 0.29) is 0 Å². The highest BCUT2D eigenvalue weighted by Crippen LogP contribution is 2.26. The molecule has 0 aromatic heterocycles. The first-order valence-corrected chi connectivity index (χ1v) is 7.41. The third kappa shape index (κ3) is 3.74. The highest BCUT2D eigenvalue weighted by Gasteiger charge is 2.13. The molecular weight excluding hydrogens is 290 g/mol. The molecule has 0 radical (unpaired) electrons. The Morgan fingerprint density at radius 2 is 1.94 bits per heavy atom. The molecule has 0 N–H and O–H groups in total. The van der Waals surface area contributed by atoms with Crippen LogP contribution in [0, 0.1) is 17.2 Å². The summed E-state index contributed by atoms with van der Waals surface area (Å²) in [5.41, 5.74) is 0.650. The van der Waals surface area contributed by atoms with Crippen molar-refractivity contribution in [2.45, 2.75) is 38.5 Å². The minimum atomic E-state index is 0.650. The van der Waals surface area contributed by atoms with Crippen molar-refractivity contribution >= 4 is 15.9 Å². The number of rotatable bonds is 3. The maximum absolute atomic E-state index is 8.85. The molecule has 1 fully saturated rings. The van der Waals surface area contributed by atoms with Crippen molar-refractivity contribution in [3.63, 3.8) is 0 Å². The van der Waals surface area contributed by atoms with Gasteiger partial charge in [0.15, 0.2) is 0 Å². The van der Waals surface area contributed by atoms with Gasteiger partial charge in [0.1, 0.15) is 11.8 Å². The van der Waals surface area contributed by atoms with Gasteiger partial charge >= 0.3 is 0 Å². The van der Waals surface area contributed by atoms with Gasteiger partial charge in [-0.25, -0.2) is 0 Å². The van der Waals surface area contributed by atoms with Crippen LogP contribution in [0.5, 0.6) is 5.75 Å². The Morgan fingerprint density at radius 1 is 1.22 bits per heavy atom. The van der Waals surface area contributed by atoms with Crippen molar-refractivity contribution in [2.24, 2.45) is 5.92 Å². The van der Waals surface area contributed by atoms with E-state index < -0.39 is 0 Å². The van der Waals surface area contributed by atoms with E-state index in [0.29, 0.717) is 11.5 Å². The molecule has 1 saturated carbocycles. The largest absolute Gasteiger partial charge is 0.493 e. The van der Waals surface area contributed by atoms with E-state index >= 15 is 0 Å². The first-order chi connectivity index (χ1) is 8.79. The molecule has 2 nitrogen and oxygen atoms in total. The summed E-state index contributed by atoms with van der Waals surface area (Å²) in [5.74, 6) is 1.55. The molecule has 0 bridgehead atoms. The zero-order valence-electron chi connectivity index (χ0n) is 10.5. The topological polar surface area (TPSA) is 33.0 Å². The zero-order valence-corrected chi connectivity index (χ0v) is 12.1. The highest BCUT2D eigenvalue weighted by molar-refractivity contribution is 9.10.